The summed E-state index contributed by atoms with van der Waals surface area (Å²) in [6.07, 6.45) is 5.32. The number of imide groups is 1. The SMILES string of the molecule is CC(OC(=O)c1cccc(N2C(=O)CCC2=O)c1)C(=O)NCC1CCCCC1. The molecular formula is C21H26N2O5. The van der Waals surface area contributed by atoms with Gasteiger partial charge in [0, 0.05) is 19.4 Å². The molecule has 0 radical (unpaired) electrons. The number of benzene rings is 1. The van der Waals surface area contributed by atoms with Crippen molar-refractivity contribution in [2.24, 2.45) is 5.92 Å². The van der Waals surface area contributed by atoms with E-state index in [0.717, 1.165) is 17.7 Å². The quantitative estimate of drug-likeness (QED) is 0.599. The molecule has 3 amide bonds. The Hall–Kier alpha value is -2.70. The zero-order valence-corrected chi connectivity index (χ0v) is 16.1. The molecule has 1 aliphatic heterocycles. The van der Waals surface area contributed by atoms with Crippen LogP contribution in [0.2, 0.25) is 0 Å². The van der Waals surface area contributed by atoms with Gasteiger partial charge in [-0.05, 0) is 43.9 Å². The summed E-state index contributed by atoms with van der Waals surface area (Å²) in [5.74, 6) is -1.06. The molecule has 0 spiro atoms. The van der Waals surface area contributed by atoms with Gasteiger partial charge in [-0.15, -0.1) is 0 Å². The molecule has 7 heteroatoms. The predicted octanol–water partition coefficient (Wildman–Crippen LogP) is 2.58. The first-order valence-corrected chi connectivity index (χ1v) is 9.90. The Balaban J connectivity index is 1.56. The van der Waals surface area contributed by atoms with E-state index in [-0.39, 0.29) is 36.1 Å². The van der Waals surface area contributed by atoms with E-state index in [1.54, 1.807) is 12.1 Å². The van der Waals surface area contributed by atoms with Gasteiger partial charge in [-0.1, -0.05) is 25.3 Å². The van der Waals surface area contributed by atoms with E-state index >= 15 is 0 Å². The Bertz CT molecular complexity index is 754. The fraction of sp³-hybridized carbons (Fsp3) is 0.524. The molecular weight excluding hydrogens is 360 g/mol. The maximum Gasteiger partial charge on any atom is 0.338 e. The monoisotopic (exact) mass is 386 g/mol. The average Bonchev–Trinajstić information content (AvgIpc) is 3.05. The van der Waals surface area contributed by atoms with Crippen LogP contribution in [-0.2, 0) is 19.1 Å². The molecule has 1 saturated carbocycles. The lowest BCUT2D eigenvalue weighted by Crippen LogP contribution is -2.38. The highest BCUT2D eigenvalue weighted by atomic mass is 16.5. The van der Waals surface area contributed by atoms with E-state index < -0.39 is 12.1 Å². The lowest BCUT2D eigenvalue weighted by molar-refractivity contribution is -0.129. The zero-order chi connectivity index (χ0) is 20.1. The molecule has 1 unspecified atom stereocenters. The third-order valence-electron chi connectivity index (χ3n) is 5.33. The van der Waals surface area contributed by atoms with Gasteiger partial charge in [0.25, 0.3) is 5.91 Å². The Labute approximate surface area is 164 Å². The number of hydrogen-bond acceptors (Lipinski definition) is 5. The lowest BCUT2D eigenvalue weighted by Gasteiger charge is -2.22. The summed E-state index contributed by atoms with van der Waals surface area (Å²) in [7, 11) is 0. The van der Waals surface area contributed by atoms with Gasteiger partial charge in [0.15, 0.2) is 6.10 Å². The number of nitrogens with one attached hydrogen (secondary N) is 1. The van der Waals surface area contributed by atoms with Crippen LogP contribution < -0.4 is 10.2 Å². The first kappa shape index (κ1) is 20.0. The van der Waals surface area contributed by atoms with Crippen LogP contribution in [0.3, 0.4) is 0 Å². The number of esters is 1. The van der Waals surface area contributed by atoms with Crippen LogP contribution in [0.1, 0.15) is 62.2 Å². The summed E-state index contributed by atoms with van der Waals surface area (Å²) < 4.78 is 5.27. The molecule has 0 aromatic heterocycles. The highest BCUT2D eigenvalue weighted by Gasteiger charge is 2.31. The Morgan fingerprint density at radius 2 is 1.82 bits per heavy atom. The summed E-state index contributed by atoms with van der Waals surface area (Å²) in [5.41, 5.74) is 0.535. The molecule has 1 atom stereocenters. The lowest BCUT2D eigenvalue weighted by atomic mass is 9.89. The highest BCUT2D eigenvalue weighted by molar-refractivity contribution is 6.20. The number of rotatable bonds is 6. The Morgan fingerprint density at radius 1 is 1.14 bits per heavy atom. The van der Waals surface area contributed by atoms with Crippen molar-refractivity contribution in [1.82, 2.24) is 5.32 Å². The second-order valence-electron chi connectivity index (χ2n) is 7.47. The summed E-state index contributed by atoms with van der Waals surface area (Å²) in [5, 5.41) is 2.86. The summed E-state index contributed by atoms with van der Waals surface area (Å²) in [6, 6.07) is 6.15. The zero-order valence-electron chi connectivity index (χ0n) is 16.1. The van der Waals surface area contributed by atoms with Crippen LogP contribution in [0.25, 0.3) is 0 Å². The van der Waals surface area contributed by atoms with Crippen molar-refractivity contribution in [2.75, 3.05) is 11.4 Å². The summed E-state index contributed by atoms with van der Waals surface area (Å²) >= 11 is 0. The van der Waals surface area contributed by atoms with Gasteiger partial charge in [0.1, 0.15) is 0 Å². The molecule has 1 aromatic carbocycles. The molecule has 150 valence electrons. The van der Waals surface area contributed by atoms with Gasteiger partial charge in [0.2, 0.25) is 11.8 Å². The Morgan fingerprint density at radius 3 is 2.50 bits per heavy atom. The largest absolute Gasteiger partial charge is 0.449 e. The van der Waals surface area contributed by atoms with E-state index in [2.05, 4.69) is 5.32 Å². The van der Waals surface area contributed by atoms with Crippen LogP contribution in [0.5, 0.6) is 0 Å². The van der Waals surface area contributed by atoms with E-state index in [9.17, 15) is 19.2 Å². The van der Waals surface area contributed by atoms with Crippen LogP contribution in [0.15, 0.2) is 24.3 Å². The standard InChI is InChI=1S/C21H26N2O5/c1-14(20(26)22-13-15-6-3-2-4-7-15)28-21(27)16-8-5-9-17(12-16)23-18(24)10-11-19(23)25/h5,8-9,12,14-15H,2-4,6-7,10-11,13H2,1H3,(H,22,26). The van der Waals surface area contributed by atoms with Gasteiger partial charge >= 0.3 is 5.97 Å². The number of amides is 3. The van der Waals surface area contributed by atoms with E-state index in [4.69, 9.17) is 4.74 Å². The third-order valence-corrected chi connectivity index (χ3v) is 5.33. The molecule has 1 aromatic rings. The van der Waals surface area contributed by atoms with Gasteiger partial charge < -0.3 is 10.1 Å². The van der Waals surface area contributed by atoms with Crippen molar-refractivity contribution < 1.29 is 23.9 Å². The van der Waals surface area contributed by atoms with E-state index in [1.807, 2.05) is 0 Å². The number of carbonyl (C=O) groups is 4. The van der Waals surface area contributed by atoms with Crippen molar-refractivity contribution in [3.63, 3.8) is 0 Å². The maximum absolute atomic E-state index is 12.4. The second-order valence-corrected chi connectivity index (χ2v) is 7.47. The third kappa shape index (κ3) is 4.77. The fourth-order valence-corrected chi connectivity index (χ4v) is 3.70. The van der Waals surface area contributed by atoms with Crippen molar-refractivity contribution in [3.05, 3.63) is 29.8 Å². The van der Waals surface area contributed by atoms with Crippen molar-refractivity contribution in [1.29, 1.82) is 0 Å². The van der Waals surface area contributed by atoms with E-state index in [0.29, 0.717) is 18.2 Å². The first-order chi connectivity index (χ1) is 13.5. The van der Waals surface area contributed by atoms with Crippen molar-refractivity contribution >= 4 is 29.4 Å². The molecule has 1 saturated heterocycles. The highest BCUT2D eigenvalue weighted by Crippen LogP contribution is 2.24. The van der Waals surface area contributed by atoms with E-state index in [1.165, 1.54) is 38.3 Å². The van der Waals surface area contributed by atoms with Crippen LogP contribution in [0, 0.1) is 5.92 Å². The minimum Gasteiger partial charge on any atom is -0.449 e. The van der Waals surface area contributed by atoms with Crippen LogP contribution in [0.4, 0.5) is 5.69 Å². The molecule has 1 aliphatic carbocycles. The predicted molar refractivity (Wildman–Crippen MR) is 103 cm³/mol. The van der Waals surface area contributed by atoms with Gasteiger partial charge in [-0.25, -0.2) is 4.79 Å². The minimum atomic E-state index is -0.921. The molecule has 1 heterocycles. The Kier molecular flexibility index (Phi) is 6.44. The van der Waals surface area contributed by atoms with Crippen molar-refractivity contribution in [2.45, 2.75) is 58.0 Å². The molecule has 1 N–H and O–H groups in total. The molecule has 0 bridgehead atoms. The van der Waals surface area contributed by atoms with Crippen molar-refractivity contribution in [3.8, 4) is 0 Å². The molecule has 7 nitrogen and oxygen atoms in total. The maximum atomic E-state index is 12.4. The first-order valence-electron chi connectivity index (χ1n) is 9.90. The van der Waals surface area contributed by atoms with Gasteiger partial charge in [0.05, 0.1) is 11.3 Å². The average molecular weight is 386 g/mol. The summed E-state index contributed by atoms with van der Waals surface area (Å²) in [4.78, 5) is 49.5. The molecule has 28 heavy (non-hydrogen) atoms. The normalized spacial score (nSPS) is 18.8. The second kappa shape index (κ2) is 8.99. The summed E-state index contributed by atoms with van der Waals surface area (Å²) in [6.45, 7) is 2.14. The fourth-order valence-electron chi connectivity index (χ4n) is 3.70. The minimum absolute atomic E-state index is 0.172. The van der Waals surface area contributed by atoms with Crippen LogP contribution >= 0.6 is 0 Å². The number of ether oxygens (including phenoxy) is 1. The number of hydrogen-bond donors (Lipinski definition) is 1. The smallest absolute Gasteiger partial charge is 0.338 e. The number of carbonyl (C=O) groups excluding carboxylic acids is 4. The number of anilines is 1. The molecule has 2 aliphatic rings. The topological polar surface area (TPSA) is 92.8 Å². The van der Waals surface area contributed by atoms with Gasteiger partial charge in [-0.2, -0.15) is 0 Å². The van der Waals surface area contributed by atoms with Crippen LogP contribution in [-0.4, -0.2) is 36.3 Å². The van der Waals surface area contributed by atoms with Gasteiger partial charge in [-0.3, -0.25) is 19.3 Å². The molecule has 3 rings (SSSR count). The number of nitrogens with zero attached hydrogens (tertiary/aromatic N) is 1. The molecule has 2 fully saturated rings.